The molecule has 0 fully saturated rings. The molecule has 0 aliphatic carbocycles. The Morgan fingerprint density at radius 1 is 1.21 bits per heavy atom. The number of aromatic nitrogens is 2. The van der Waals surface area contributed by atoms with E-state index in [1.165, 1.54) is 0 Å². The molecule has 2 aromatic carbocycles. The van der Waals surface area contributed by atoms with Gasteiger partial charge in [-0.3, -0.25) is 9.36 Å². The average molecular weight is 409 g/mol. The molecule has 0 spiro atoms. The van der Waals surface area contributed by atoms with Crippen molar-refractivity contribution in [1.29, 1.82) is 0 Å². The minimum Gasteiger partial charge on any atom is -0.497 e. The highest BCUT2D eigenvalue weighted by Crippen LogP contribution is 2.30. The molecule has 0 bridgehead atoms. The number of hydrogen-bond acceptors (Lipinski definition) is 5. The Bertz CT molecular complexity index is 1060. The molecule has 142 valence electrons. The monoisotopic (exact) mass is 408 g/mol. The Labute approximate surface area is 172 Å². The quantitative estimate of drug-likeness (QED) is 0.437. The summed E-state index contributed by atoms with van der Waals surface area (Å²) in [6.07, 6.45) is 5.04. The Hall–Kier alpha value is -2.44. The first kappa shape index (κ1) is 18.9. The predicted octanol–water partition coefficient (Wildman–Crippen LogP) is 4.69. The fourth-order valence-corrected chi connectivity index (χ4v) is 4.90. The van der Waals surface area contributed by atoms with E-state index >= 15 is 0 Å². The molecule has 1 aromatic heterocycles. The highest BCUT2D eigenvalue weighted by molar-refractivity contribution is 7.99. The first-order valence-electron chi connectivity index (χ1n) is 9.04. The summed E-state index contributed by atoms with van der Waals surface area (Å²) in [5.74, 6) is 2.37. The van der Waals surface area contributed by atoms with E-state index < -0.39 is 0 Å². The van der Waals surface area contributed by atoms with Crippen molar-refractivity contribution in [1.82, 2.24) is 9.55 Å². The molecule has 4 nitrogen and oxygen atoms in total. The zero-order valence-corrected chi connectivity index (χ0v) is 17.1. The maximum absolute atomic E-state index is 13.2. The third-order valence-corrected chi connectivity index (χ3v) is 6.39. The molecular weight excluding hydrogens is 388 g/mol. The molecule has 0 unspecified atom stereocenters. The summed E-state index contributed by atoms with van der Waals surface area (Å²) in [6, 6.07) is 17.7. The number of methoxy groups -OCH3 is 1. The van der Waals surface area contributed by atoms with E-state index in [1.54, 1.807) is 35.2 Å². The van der Waals surface area contributed by atoms with Crippen molar-refractivity contribution in [3.8, 4) is 11.4 Å². The summed E-state index contributed by atoms with van der Waals surface area (Å²) in [6.45, 7) is 0. The van der Waals surface area contributed by atoms with E-state index in [0.717, 1.165) is 50.7 Å². The van der Waals surface area contributed by atoms with Crippen LogP contribution in [0.25, 0.3) is 11.8 Å². The summed E-state index contributed by atoms with van der Waals surface area (Å²) in [4.78, 5) is 18.8. The first-order chi connectivity index (χ1) is 13.8. The van der Waals surface area contributed by atoms with E-state index in [0.29, 0.717) is 0 Å². The van der Waals surface area contributed by atoms with Gasteiger partial charge >= 0.3 is 0 Å². The summed E-state index contributed by atoms with van der Waals surface area (Å²) in [5, 5.41) is 0.720. The van der Waals surface area contributed by atoms with Crippen LogP contribution in [0, 0.1) is 0 Å². The minimum atomic E-state index is 0.00953. The Morgan fingerprint density at radius 3 is 2.89 bits per heavy atom. The van der Waals surface area contributed by atoms with Gasteiger partial charge in [-0.15, -0.1) is 11.8 Å². The maximum Gasteiger partial charge on any atom is 0.272 e. The lowest BCUT2D eigenvalue weighted by Crippen LogP contribution is -2.23. The number of fused-ring (bicyclic) bond motifs is 1. The average Bonchev–Trinajstić information content (AvgIpc) is 3.21. The van der Waals surface area contributed by atoms with Crippen LogP contribution in [0.3, 0.4) is 0 Å². The number of ether oxygens (including phenoxy) is 1. The molecule has 0 radical (unpaired) electrons. The summed E-state index contributed by atoms with van der Waals surface area (Å²) in [5.41, 5.74) is 2.87. The van der Waals surface area contributed by atoms with Gasteiger partial charge in [0.05, 0.1) is 23.4 Å². The van der Waals surface area contributed by atoms with E-state index in [4.69, 9.17) is 9.72 Å². The zero-order chi connectivity index (χ0) is 19.3. The molecule has 1 aliphatic heterocycles. The lowest BCUT2D eigenvalue weighted by Gasteiger charge is -2.14. The van der Waals surface area contributed by atoms with E-state index in [-0.39, 0.29) is 5.56 Å². The molecule has 28 heavy (non-hydrogen) atoms. The van der Waals surface area contributed by atoms with Crippen molar-refractivity contribution in [2.24, 2.45) is 0 Å². The fourth-order valence-electron chi connectivity index (χ4n) is 3.04. The third kappa shape index (κ3) is 4.03. The van der Waals surface area contributed by atoms with E-state index in [1.807, 2.05) is 42.5 Å². The van der Waals surface area contributed by atoms with Crippen LogP contribution in [-0.2, 0) is 6.42 Å². The van der Waals surface area contributed by atoms with Crippen LogP contribution >= 0.6 is 23.5 Å². The van der Waals surface area contributed by atoms with Crippen molar-refractivity contribution in [3.05, 3.63) is 82.3 Å². The van der Waals surface area contributed by atoms with Crippen molar-refractivity contribution in [3.63, 3.8) is 0 Å². The van der Waals surface area contributed by atoms with Crippen molar-refractivity contribution < 1.29 is 4.74 Å². The minimum absolute atomic E-state index is 0.00953. The highest BCUT2D eigenvalue weighted by Gasteiger charge is 2.22. The Morgan fingerprint density at radius 2 is 2.07 bits per heavy atom. The number of thioether (sulfide) groups is 2. The SMILES string of the molecule is COc1cccc(-n2c(SC/C=C/c3ccccc3)nc3c(c2=O)SCC3)c1. The van der Waals surface area contributed by atoms with Gasteiger partial charge in [0.25, 0.3) is 5.56 Å². The molecular formula is C22H20N2O2S2. The Balaban J connectivity index is 1.67. The second kappa shape index (κ2) is 8.71. The van der Waals surface area contributed by atoms with Crippen LogP contribution in [-0.4, -0.2) is 28.2 Å². The van der Waals surface area contributed by atoms with Crippen molar-refractivity contribution in [2.75, 3.05) is 18.6 Å². The van der Waals surface area contributed by atoms with Gasteiger partial charge < -0.3 is 4.74 Å². The van der Waals surface area contributed by atoms with Gasteiger partial charge in [0.1, 0.15) is 5.75 Å². The fraction of sp³-hybridized carbons (Fsp3) is 0.182. The topological polar surface area (TPSA) is 44.1 Å². The van der Waals surface area contributed by atoms with E-state index in [2.05, 4.69) is 24.3 Å². The lowest BCUT2D eigenvalue weighted by molar-refractivity contribution is 0.414. The maximum atomic E-state index is 13.2. The molecule has 3 aromatic rings. The molecule has 0 atom stereocenters. The molecule has 4 rings (SSSR count). The number of aryl methyl sites for hydroxylation is 1. The molecule has 0 saturated carbocycles. The number of nitrogens with zero attached hydrogens (tertiary/aromatic N) is 2. The smallest absolute Gasteiger partial charge is 0.272 e. The molecule has 6 heteroatoms. The van der Waals surface area contributed by atoms with Crippen LogP contribution < -0.4 is 10.3 Å². The molecule has 0 N–H and O–H groups in total. The van der Waals surface area contributed by atoms with Gasteiger partial charge in [0.15, 0.2) is 5.16 Å². The van der Waals surface area contributed by atoms with Crippen LogP contribution in [0.4, 0.5) is 0 Å². The number of rotatable bonds is 6. The van der Waals surface area contributed by atoms with Gasteiger partial charge in [-0.25, -0.2) is 4.98 Å². The largest absolute Gasteiger partial charge is 0.497 e. The van der Waals surface area contributed by atoms with E-state index in [9.17, 15) is 4.79 Å². The number of benzene rings is 2. The summed E-state index contributed by atoms with van der Waals surface area (Å²) < 4.78 is 7.05. The molecule has 1 aliphatic rings. The van der Waals surface area contributed by atoms with Crippen molar-refractivity contribution in [2.45, 2.75) is 16.5 Å². The second-order valence-electron chi connectivity index (χ2n) is 6.23. The van der Waals surface area contributed by atoms with Crippen LogP contribution in [0.5, 0.6) is 5.75 Å². The standard InChI is InChI=1S/C22H20N2O2S2/c1-26-18-11-5-10-17(15-18)24-21(25)20-19(12-14-27-20)23-22(24)28-13-6-9-16-7-3-2-4-8-16/h2-11,15H,12-14H2,1H3/b9-6+. The normalized spacial score (nSPS) is 13.0. The summed E-state index contributed by atoms with van der Waals surface area (Å²) in [7, 11) is 1.63. The zero-order valence-electron chi connectivity index (χ0n) is 15.5. The van der Waals surface area contributed by atoms with Gasteiger partial charge in [-0.1, -0.05) is 60.3 Å². The third-order valence-electron chi connectivity index (χ3n) is 4.40. The molecule has 0 amide bonds. The summed E-state index contributed by atoms with van der Waals surface area (Å²) >= 11 is 3.17. The second-order valence-corrected chi connectivity index (χ2v) is 8.33. The Kier molecular flexibility index (Phi) is 5.88. The van der Waals surface area contributed by atoms with Crippen LogP contribution in [0.15, 0.2) is 75.5 Å². The molecule has 0 saturated heterocycles. The predicted molar refractivity (Wildman–Crippen MR) is 117 cm³/mol. The highest BCUT2D eigenvalue weighted by atomic mass is 32.2. The molecule has 2 heterocycles. The van der Waals surface area contributed by atoms with Gasteiger partial charge in [0, 0.05) is 24.0 Å². The van der Waals surface area contributed by atoms with Crippen molar-refractivity contribution >= 4 is 29.6 Å². The van der Waals surface area contributed by atoms with Crippen LogP contribution in [0.2, 0.25) is 0 Å². The van der Waals surface area contributed by atoms with Gasteiger partial charge in [-0.05, 0) is 17.7 Å². The van der Waals surface area contributed by atoms with Crippen LogP contribution in [0.1, 0.15) is 11.3 Å². The lowest BCUT2D eigenvalue weighted by atomic mass is 10.2. The van der Waals surface area contributed by atoms with Gasteiger partial charge in [0.2, 0.25) is 0 Å². The first-order valence-corrected chi connectivity index (χ1v) is 11.0. The number of hydrogen-bond donors (Lipinski definition) is 0. The van der Waals surface area contributed by atoms with Gasteiger partial charge in [-0.2, -0.15) is 0 Å².